The van der Waals surface area contributed by atoms with Crippen molar-refractivity contribution in [1.29, 1.82) is 0 Å². The van der Waals surface area contributed by atoms with Gasteiger partial charge in [-0.1, -0.05) is 36.8 Å². The number of aryl methyl sites for hydroxylation is 2. The van der Waals surface area contributed by atoms with Crippen molar-refractivity contribution in [2.45, 2.75) is 33.2 Å². The van der Waals surface area contributed by atoms with Crippen molar-refractivity contribution in [1.82, 2.24) is 5.32 Å². The van der Waals surface area contributed by atoms with E-state index in [4.69, 9.17) is 4.74 Å². The van der Waals surface area contributed by atoms with Crippen LogP contribution in [-0.4, -0.2) is 13.0 Å². The summed E-state index contributed by atoms with van der Waals surface area (Å²) >= 11 is 0. The summed E-state index contributed by atoms with van der Waals surface area (Å²) in [5, 5.41) is 3.12. The number of nitrogens with one attached hydrogen (secondary N) is 1. The van der Waals surface area contributed by atoms with Crippen molar-refractivity contribution in [3.8, 4) is 5.75 Å². The van der Waals surface area contributed by atoms with Crippen LogP contribution in [0.2, 0.25) is 0 Å². The predicted octanol–water partition coefficient (Wildman–Crippen LogP) is 4.19. The lowest BCUT2D eigenvalue weighted by Crippen LogP contribution is -2.28. The lowest BCUT2D eigenvalue weighted by atomic mass is 9.97. The van der Waals surface area contributed by atoms with Crippen LogP contribution in [0.15, 0.2) is 42.5 Å². The number of carbonyl (C=O) groups is 1. The highest BCUT2D eigenvalue weighted by Gasteiger charge is 2.16. The van der Waals surface area contributed by atoms with Crippen molar-refractivity contribution in [3.05, 3.63) is 64.7 Å². The van der Waals surface area contributed by atoms with Crippen LogP contribution in [0.4, 0.5) is 0 Å². The van der Waals surface area contributed by atoms with Crippen LogP contribution >= 0.6 is 0 Å². The summed E-state index contributed by atoms with van der Waals surface area (Å²) in [4.78, 5) is 12.5. The first-order valence-electron chi connectivity index (χ1n) is 7.57. The predicted molar refractivity (Wildman–Crippen MR) is 89.4 cm³/mol. The third kappa shape index (κ3) is 3.67. The summed E-state index contributed by atoms with van der Waals surface area (Å²) in [5.41, 5.74) is 4.22. The monoisotopic (exact) mass is 297 g/mol. The van der Waals surface area contributed by atoms with Crippen LogP contribution in [0.5, 0.6) is 5.75 Å². The van der Waals surface area contributed by atoms with E-state index in [1.807, 2.05) is 12.1 Å². The molecule has 22 heavy (non-hydrogen) atoms. The van der Waals surface area contributed by atoms with E-state index >= 15 is 0 Å². The summed E-state index contributed by atoms with van der Waals surface area (Å²) in [6.07, 6.45) is 0.847. The zero-order valence-electron chi connectivity index (χ0n) is 13.6. The van der Waals surface area contributed by atoms with Gasteiger partial charge in [-0.3, -0.25) is 4.79 Å². The first-order chi connectivity index (χ1) is 10.5. The van der Waals surface area contributed by atoms with Gasteiger partial charge < -0.3 is 10.1 Å². The fraction of sp³-hybridized carbons (Fsp3) is 0.316. The van der Waals surface area contributed by atoms with Gasteiger partial charge in [0.25, 0.3) is 5.91 Å². The Kier molecular flexibility index (Phi) is 5.21. The van der Waals surface area contributed by atoms with Crippen LogP contribution < -0.4 is 10.1 Å². The van der Waals surface area contributed by atoms with Crippen LogP contribution in [0.3, 0.4) is 0 Å². The van der Waals surface area contributed by atoms with E-state index in [9.17, 15) is 4.79 Å². The molecule has 0 aromatic heterocycles. The van der Waals surface area contributed by atoms with E-state index in [-0.39, 0.29) is 11.9 Å². The maximum absolute atomic E-state index is 12.5. The molecular formula is C19H23NO2. The van der Waals surface area contributed by atoms with E-state index < -0.39 is 0 Å². The molecule has 0 bridgehead atoms. The van der Waals surface area contributed by atoms with Crippen LogP contribution in [0.1, 0.15) is 46.4 Å². The number of benzene rings is 2. The van der Waals surface area contributed by atoms with Crippen molar-refractivity contribution in [2.24, 2.45) is 0 Å². The number of carbonyl (C=O) groups excluding carboxylic acids is 1. The van der Waals surface area contributed by atoms with E-state index in [1.54, 1.807) is 19.2 Å². The first kappa shape index (κ1) is 16.1. The minimum atomic E-state index is -0.0780. The molecule has 0 radical (unpaired) electrons. The Balaban J connectivity index is 2.20. The highest BCUT2D eigenvalue weighted by Crippen LogP contribution is 2.22. The highest BCUT2D eigenvalue weighted by molar-refractivity contribution is 5.94. The Hall–Kier alpha value is -2.29. The van der Waals surface area contributed by atoms with Gasteiger partial charge >= 0.3 is 0 Å². The molecule has 0 spiro atoms. The SMILES string of the molecule is CC[C@H](NC(=O)c1cccc(OC)c1)c1ccc(C)cc1C. The van der Waals surface area contributed by atoms with Gasteiger partial charge in [-0.15, -0.1) is 0 Å². The molecule has 1 atom stereocenters. The van der Waals surface area contributed by atoms with E-state index in [0.29, 0.717) is 11.3 Å². The third-order valence-electron chi connectivity index (χ3n) is 3.85. The Bertz CT molecular complexity index is 664. The van der Waals surface area contributed by atoms with Gasteiger partial charge in [-0.05, 0) is 49.6 Å². The molecule has 0 aliphatic carbocycles. The summed E-state index contributed by atoms with van der Waals surface area (Å²) in [6, 6.07) is 13.6. The number of amides is 1. The van der Waals surface area contributed by atoms with Crippen molar-refractivity contribution >= 4 is 5.91 Å². The maximum atomic E-state index is 12.5. The second kappa shape index (κ2) is 7.12. The molecule has 0 saturated carbocycles. The zero-order valence-corrected chi connectivity index (χ0v) is 13.6. The molecule has 116 valence electrons. The molecule has 0 fully saturated rings. The molecule has 0 saturated heterocycles. The Labute approximate surface area is 132 Å². The van der Waals surface area contributed by atoms with Gasteiger partial charge in [-0.2, -0.15) is 0 Å². The number of hydrogen-bond acceptors (Lipinski definition) is 2. The van der Waals surface area contributed by atoms with Crippen molar-refractivity contribution in [3.63, 3.8) is 0 Å². The minimum Gasteiger partial charge on any atom is -0.497 e. The lowest BCUT2D eigenvalue weighted by Gasteiger charge is -2.20. The Morgan fingerprint density at radius 2 is 1.95 bits per heavy atom. The molecule has 3 heteroatoms. The van der Waals surface area contributed by atoms with Crippen molar-refractivity contribution in [2.75, 3.05) is 7.11 Å². The molecule has 1 amide bonds. The average molecular weight is 297 g/mol. The third-order valence-corrected chi connectivity index (χ3v) is 3.85. The molecule has 0 unspecified atom stereocenters. The average Bonchev–Trinajstić information content (AvgIpc) is 2.53. The minimum absolute atomic E-state index is 0.0132. The number of ether oxygens (including phenoxy) is 1. The fourth-order valence-corrected chi connectivity index (χ4v) is 2.62. The molecule has 2 rings (SSSR count). The molecule has 3 nitrogen and oxygen atoms in total. The summed E-state index contributed by atoms with van der Waals surface area (Å²) < 4.78 is 5.17. The number of hydrogen-bond donors (Lipinski definition) is 1. The van der Waals surface area contributed by atoms with Crippen LogP contribution in [0.25, 0.3) is 0 Å². The second-order valence-electron chi connectivity index (χ2n) is 5.53. The van der Waals surface area contributed by atoms with Crippen LogP contribution in [0, 0.1) is 13.8 Å². The topological polar surface area (TPSA) is 38.3 Å². The number of methoxy groups -OCH3 is 1. The lowest BCUT2D eigenvalue weighted by molar-refractivity contribution is 0.0935. The van der Waals surface area contributed by atoms with Crippen LogP contribution in [-0.2, 0) is 0 Å². The summed E-state index contributed by atoms with van der Waals surface area (Å²) in [7, 11) is 1.60. The molecule has 0 aliphatic heterocycles. The standard InChI is InChI=1S/C19H23NO2/c1-5-18(17-10-9-13(2)11-14(17)3)20-19(21)15-7-6-8-16(12-15)22-4/h6-12,18H,5H2,1-4H3,(H,20,21)/t18-/m0/s1. The second-order valence-corrected chi connectivity index (χ2v) is 5.53. The van der Waals surface area contributed by atoms with Gasteiger partial charge in [0.05, 0.1) is 13.2 Å². The summed E-state index contributed by atoms with van der Waals surface area (Å²) in [6.45, 7) is 6.24. The van der Waals surface area contributed by atoms with E-state index in [2.05, 4.69) is 44.3 Å². The molecule has 2 aromatic carbocycles. The van der Waals surface area contributed by atoms with Gasteiger partial charge in [0.2, 0.25) is 0 Å². The molecule has 0 aliphatic rings. The fourth-order valence-electron chi connectivity index (χ4n) is 2.62. The highest BCUT2D eigenvalue weighted by atomic mass is 16.5. The normalized spacial score (nSPS) is 11.8. The molecular weight excluding hydrogens is 274 g/mol. The first-order valence-corrected chi connectivity index (χ1v) is 7.57. The van der Waals surface area contributed by atoms with Crippen molar-refractivity contribution < 1.29 is 9.53 Å². The smallest absolute Gasteiger partial charge is 0.251 e. The largest absolute Gasteiger partial charge is 0.497 e. The molecule has 0 heterocycles. The quantitative estimate of drug-likeness (QED) is 0.898. The van der Waals surface area contributed by atoms with Gasteiger partial charge in [0.15, 0.2) is 0 Å². The summed E-state index contributed by atoms with van der Waals surface area (Å²) in [5.74, 6) is 0.609. The Morgan fingerprint density at radius 3 is 2.59 bits per heavy atom. The number of rotatable bonds is 5. The van der Waals surface area contributed by atoms with E-state index in [0.717, 1.165) is 6.42 Å². The molecule has 2 aromatic rings. The van der Waals surface area contributed by atoms with Gasteiger partial charge in [-0.25, -0.2) is 0 Å². The maximum Gasteiger partial charge on any atom is 0.251 e. The van der Waals surface area contributed by atoms with Gasteiger partial charge in [0.1, 0.15) is 5.75 Å². The van der Waals surface area contributed by atoms with Gasteiger partial charge in [0, 0.05) is 5.56 Å². The molecule has 1 N–H and O–H groups in total. The zero-order chi connectivity index (χ0) is 16.1. The van der Waals surface area contributed by atoms with E-state index in [1.165, 1.54) is 16.7 Å². The Morgan fingerprint density at radius 1 is 1.18 bits per heavy atom.